The van der Waals surface area contributed by atoms with Crippen LogP contribution in [-0.4, -0.2) is 25.2 Å². The average Bonchev–Trinajstić information content (AvgIpc) is 2.81. The summed E-state index contributed by atoms with van der Waals surface area (Å²) in [7, 11) is 0. The molecule has 1 aliphatic heterocycles. The number of ether oxygens (including phenoxy) is 2. The molecule has 1 amide bonds. The molecular weight excluding hydrogens is 386 g/mol. The van der Waals surface area contributed by atoms with Crippen LogP contribution in [0, 0.1) is 6.92 Å². The van der Waals surface area contributed by atoms with E-state index in [4.69, 9.17) is 9.47 Å². The third-order valence-electron chi connectivity index (χ3n) is 6.39. The highest BCUT2D eigenvalue weighted by Crippen LogP contribution is 2.38. The minimum Gasteiger partial charge on any atom is -0.490 e. The smallest absolute Gasteiger partial charge is 0.235 e. The van der Waals surface area contributed by atoms with Crippen molar-refractivity contribution in [3.8, 4) is 5.75 Å². The van der Waals surface area contributed by atoms with Crippen LogP contribution in [0.2, 0.25) is 0 Å². The second-order valence-electron chi connectivity index (χ2n) is 8.51. The van der Waals surface area contributed by atoms with Crippen molar-refractivity contribution in [2.45, 2.75) is 51.6 Å². The van der Waals surface area contributed by atoms with Gasteiger partial charge in [0.25, 0.3) is 0 Å². The van der Waals surface area contributed by atoms with Crippen molar-refractivity contribution in [2.24, 2.45) is 0 Å². The van der Waals surface area contributed by atoms with Gasteiger partial charge in [-0.1, -0.05) is 61.0 Å². The summed E-state index contributed by atoms with van der Waals surface area (Å²) in [5.41, 5.74) is 2.45. The van der Waals surface area contributed by atoms with Gasteiger partial charge in [-0.15, -0.1) is 0 Å². The van der Waals surface area contributed by atoms with Crippen LogP contribution in [0.1, 0.15) is 44.2 Å². The van der Waals surface area contributed by atoms with Crippen molar-refractivity contribution in [2.75, 3.05) is 18.5 Å². The quantitative estimate of drug-likeness (QED) is 0.534. The molecule has 1 N–H and O–H groups in total. The molecular formula is C27H31NO3. The zero-order valence-corrected chi connectivity index (χ0v) is 18.6. The van der Waals surface area contributed by atoms with E-state index < -0.39 is 5.41 Å². The summed E-state index contributed by atoms with van der Waals surface area (Å²) in [6, 6.07) is 20.3. The van der Waals surface area contributed by atoms with E-state index in [1.54, 1.807) is 0 Å². The molecule has 0 aliphatic carbocycles. The molecule has 4 rings (SSSR count). The number of fused-ring (bicyclic) bond motifs is 1. The van der Waals surface area contributed by atoms with Gasteiger partial charge in [0, 0.05) is 29.7 Å². The van der Waals surface area contributed by atoms with Crippen LogP contribution < -0.4 is 10.1 Å². The van der Waals surface area contributed by atoms with Gasteiger partial charge in [0.2, 0.25) is 5.91 Å². The first-order valence-electron chi connectivity index (χ1n) is 11.2. The van der Waals surface area contributed by atoms with Gasteiger partial charge in [-0.3, -0.25) is 4.79 Å². The van der Waals surface area contributed by atoms with Crippen molar-refractivity contribution in [1.29, 1.82) is 0 Å². The van der Waals surface area contributed by atoms with Crippen LogP contribution >= 0.6 is 0 Å². The fourth-order valence-corrected chi connectivity index (χ4v) is 4.33. The van der Waals surface area contributed by atoms with Crippen LogP contribution in [-0.2, 0) is 14.9 Å². The minimum atomic E-state index is -0.586. The maximum Gasteiger partial charge on any atom is 0.235 e. The van der Waals surface area contributed by atoms with Crippen LogP contribution in [0.5, 0.6) is 5.75 Å². The first-order chi connectivity index (χ1) is 15.0. The van der Waals surface area contributed by atoms with Crippen molar-refractivity contribution in [1.82, 2.24) is 0 Å². The fourth-order valence-electron chi connectivity index (χ4n) is 4.33. The third kappa shape index (κ3) is 4.31. The first kappa shape index (κ1) is 21.4. The van der Waals surface area contributed by atoms with Gasteiger partial charge in [-0.05, 0) is 50.8 Å². The Labute approximate surface area is 184 Å². The molecule has 3 aromatic carbocycles. The SMILES string of the molecule is CC[C@H](C)Oc1ccc(NC(=O)C2(c3cccc(C)c3)CCOCC2)c2ccccc12. The monoisotopic (exact) mass is 417 g/mol. The summed E-state index contributed by atoms with van der Waals surface area (Å²) in [5, 5.41) is 5.26. The predicted octanol–water partition coefficient (Wildman–Crippen LogP) is 6.01. The van der Waals surface area contributed by atoms with Crippen LogP contribution in [0.25, 0.3) is 10.8 Å². The van der Waals surface area contributed by atoms with Gasteiger partial charge in [0.05, 0.1) is 11.5 Å². The van der Waals surface area contributed by atoms with Gasteiger partial charge >= 0.3 is 0 Å². The number of anilines is 1. The van der Waals surface area contributed by atoms with E-state index in [-0.39, 0.29) is 12.0 Å². The molecule has 3 aromatic rings. The zero-order chi connectivity index (χ0) is 21.8. The Morgan fingerprint density at radius 1 is 1.06 bits per heavy atom. The van der Waals surface area contributed by atoms with Crippen molar-refractivity contribution in [3.63, 3.8) is 0 Å². The van der Waals surface area contributed by atoms with E-state index in [9.17, 15) is 4.79 Å². The lowest BCUT2D eigenvalue weighted by molar-refractivity contribution is -0.125. The number of carbonyl (C=O) groups excluding carboxylic acids is 1. The van der Waals surface area contributed by atoms with E-state index in [1.807, 2.05) is 42.5 Å². The largest absolute Gasteiger partial charge is 0.490 e. The Hall–Kier alpha value is -2.85. The zero-order valence-electron chi connectivity index (χ0n) is 18.6. The molecule has 0 aromatic heterocycles. The molecule has 4 heteroatoms. The molecule has 4 nitrogen and oxygen atoms in total. The maximum absolute atomic E-state index is 13.8. The fraction of sp³-hybridized carbons (Fsp3) is 0.370. The summed E-state index contributed by atoms with van der Waals surface area (Å²) >= 11 is 0. The highest BCUT2D eigenvalue weighted by Gasteiger charge is 2.42. The lowest BCUT2D eigenvalue weighted by Crippen LogP contribution is -2.44. The standard InChI is InChI=1S/C27H31NO3/c1-4-20(3)31-25-13-12-24(22-10-5-6-11-23(22)25)28-26(29)27(14-16-30-17-15-27)21-9-7-8-19(2)18-21/h5-13,18,20H,4,14-17H2,1-3H3,(H,28,29)/t20-/m0/s1. The highest BCUT2D eigenvalue weighted by atomic mass is 16.5. The van der Waals surface area contributed by atoms with E-state index >= 15 is 0 Å². The third-order valence-corrected chi connectivity index (χ3v) is 6.39. The van der Waals surface area contributed by atoms with Crippen molar-refractivity contribution >= 4 is 22.4 Å². The van der Waals surface area contributed by atoms with Crippen LogP contribution in [0.15, 0.2) is 60.7 Å². The Morgan fingerprint density at radius 3 is 2.52 bits per heavy atom. The second kappa shape index (κ2) is 9.11. The second-order valence-corrected chi connectivity index (χ2v) is 8.51. The lowest BCUT2D eigenvalue weighted by atomic mass is 9.73. The number of hydrogen-bond acceptors (Lipinski definition) is 3. The summed E-state index contributed by atoms with van der Waals surface area (Å²) in [6.45, 7) is 7.42. The Balaban J connectivity index is 1.70. The Bertz CT molecular complexity index is 1070. The molecule has 0 saturated carbocycles. The first-order valence-corrected chi connectivity index (χ1v) is 11.2. The summed E-state index contributed by atoms with van der Waals surface area (Å²) in [4.78, 5) is 13.8. The average molecular weight is 418 g/mol. The van der Waals surface area contributed by atoms with E-state index in [0.717, 1.165) is 39.8 Å². The summed E-state index contributed by atoms with van der Waals surface area (Å²) in [5.74, 6) is 0.879. The molecule has 1 aliphatic rings. The van der Waals surface area contributed by atoms with Crippen molar-refractivity contribution in [3.05, 3.63) is 71.8 Å². The number of carbonyl (C=O) groups is 1. The number of hydrogen-bond donors (Lipinski definition) is 1. The molecule has 1 atom stereocenters. The molecule has 1 fully saturated rings. The molecule has 0 bridgehead atoms. The Morgan fingerprint density at radius 2 is 1.81 bits per heavy atom. The number of aryl methyl sites for hydroxylation is 1. The molecule has 1 heterocycles. The molecule has 0 radical (unpaired) electrons. The number of nitrogens with one attached hydrogen (secondary N) is 1. The predicted molar refractivity (Wildman–Crippen MR) is 126 cm³/mol. The van der Waals surface area contributed by atoms with Crippen molar-refractivity contribution < 1.29 is 14.3 Å². The number of amides is 1. The minimum absolute atomic E-state index is 0.0298. The lowest BCUT2D eigenvalue weighted by Gasteiger charge is -2.36. The van der Waals surface area contributed by atoms with Gasteiger partial charge in [0.15, 0.2) is 0 Å². The maximum atomic E-state index is 13.8. The molecule has 162 valence electrons. The van der Waals surface area contributed by atoms with Gasteiger partial charge in [0.1, 0.15) is 5.75 Å². The van der Waals surface area contributed by atoms with E-state index in [2.05, 4.69) is 44.3 Å². The summed E-state index contributed by atoms with van der Waals surface area (Å²) < 4.78 is 11.7. The van der Waals surface area contributed by atoms with Crippen LogP contribution in [0.3, 0.4) is 0 Å². The van der Waals surface area contributed by atoms with Gasteiger partial charge < -0.3 is 14.8 Å². The highest BCUT2D eigenvalue weighted by molar-refractivity contribution is 6.07. The normalized spacial score (nSPS) is 16.6. The molecule has 0 spiro atoms. The van der Waals surface area contributed by atoms with Gasteiger partial charge in [-0.25, -0.2) is 0 Å². The van der Waals surface area contributed by atoms with Gasteiger partial charge in [-0.2, -0.15) is 0 Å². The molecule has 31 heavy (non-hydrogen) atoms. The Kier molecular flexibility index (Phi) is 6.28. The number of benzene rings is 3. The molecule has 1 saturated heterocycles. The van der Waals surface area contributed by atoms with Crippen LogP contribution in [0.4, 0.5) is 5.69 Å². The van der Waals surface area contributed by atoms with E-state index in [1.165, 1.54) is 0 Å². The molecule has 0 unspecified atom stereocenters. The topological polar surface area (TPSA) is 47.6 Å². The summed E-state index contributed by atoms with van der Waals surface area (Å²) in [6.07, 6.45) is 2.43. The van der Waals surface area contributed by atoms with E-state index in [0.29, 0.717) is 26.1 Å². The number of rotatable bonds is 6.